The molecule has 0 aliphatic heterocycles. The van der Waals surface area contributed by atoms with Crippen LogP contribution in [0.2, 0.25) is 0 Å². The van der Waals surface area contributed by atoms with Crippen molar-refractivity contribution in [3.8, 4) is 0 Å². The van der Waals surface area contributed by atoms with Gasteiger partial charge in [-0.2, -0.15) is 0 Å². The first-order chi connectivity index (χ1) is 9.05. The fourth-order valence-corrected chi connectivity index (χ4v) is 1.90. The average molecular weight is 329 g/mol. The molecule has 1 N–H and O–H groups in total. The first kappa shape index (κ1) is 15.7. The minimum Gasteiger partial charge on any atom is -0.468 e. The summed E-state index contributed by atoms with van der Waals surface area (Å²) in [6.45, 7) is 2.74. The molecule has 0 atom stereocenters. The highest BCUT2D eigenvalue weighted by atomic mass is 79.9. The summed E-state index contributed by atoms with van der Waals surface area (Å²) in [5.41, 5.74) is 0.716. The summed E-state index contributed by atoms with van der Waals surface area (Å²) in [5.74, 6) is -0.513. The third-order valence-electron chi connectivity index (χ3n) is 2.50. The summed E-state index contributed by atoms with van der Waals surface area (Å²) in [7, 11) is 1.33. The van der Waals surface area contributed by atoms with E-state index in [4.69, 9.17) is 0 Å². The zero-order chi connectivity index (χ0) is 14.3. The number of nitrogens with one attached hydrogen (secondary N) is 1. The van der Waals surface area contributed by atoms with Crippen LogP contribution < -0.4 is 5.32 Å². The Labute approximate surface area is 121 Å². The van der Waals surface area contributed by atoms with Crippen LogP contribution in [0.3, 0.4) is 0 Å². The number of carbonyl (C=O) groups is 2. The molecule has 0 aliphatic rings. The van der Waals surface area contributed by atoms with E-state index in [-0.39, 0.29) is 25.0 Å². The second kappa shape index (κ2) is 7.91. The molecule has 104 valence electrons. The van der Waals surface area contributed by atoms with Crippen LogP contribution in [0.4, 0.5) is 5.69 Å². The molecule has 0 radical (unpaired) electrons. The fraction of sp³-hybridized carbons (Fsp3) is 0.385. The average Bonchev–Trinajstić information content (AvgIpc) is 2.37. The van der Waals surface area contributed by atoms with Crippen molar-refractivity contribution in [3.05, 3.63) is 28.7 Å². The molecule has 0 aliphatic carbocycles. The first-order valence-corrected chi connectivity index (χ1v) is 6.69. The van der Waals surface area contributed by atoms with E-state index >= 15 is 0 Å². The molecule has 1 amide bonds. The van der Waals surface area contributed by atoms with E-state index in [1.807, 2.05) is 25.1 Å². The Morgan fingerprint density at radius 2 is 2.11 bits per heavy atom. The number of rotatable bonds is 6. The molecule has 0 aromatic heterocycles. The molecule has 0 fully saturated rings. The quantitative estimate of drug-likeness (QED) is 0.810. The number of benzene rings is 1. The zero-order valence-electron chi connectivity index (χ0n) is 11.0. The van der Waals surface area contributed by atoms with Gasteiger partial charge in [-0.25, -0.2) is 0 Å². The van der Waals surface area contributed by atoms with E-state index in [0.717, 1.165) is 4.47 Å². The number of esters is 1. The predicted octanol–water partition coefficient (Wildman–Crippen LogP) is 1.88. The molecule has 1 rings (SSSR count). The summed E-state index contributed by atoms with van der Waals surface area (Å²) >= 11 is 3.34. The van der Waals surface area contributed by atoms with Gasteiger partial charge in [-0.05, 0) is 24.7 Å². The topological polar surface area (TPSA) is 58.6 Å². The van der Waals surface area contributed by atoms with Crippen molar-refractivity contribution in [1.29, 1.82) is 0 Å². The Morgan fingerprint density at radius 1 is 1.37 bits per heavy atom. The third kappa shape index (κ3) is 5.85. The highest BCUT2D eigenvalue weighted by Gasteiger charge is 2.13. The molecule has 0 bridgehead atoms. The van der Waals surface area contributed by atoms with Gasteiger partial charge in [0.15, 0.2) is 0 Å². The summed E-state index contributed by atoms with van der Waals surface area (Å²) in [6.07, 6.45) is 0. The smallest absolute Gasteiger partial charge is 0.319 e. The number of nitrogens with zero attached hydrogens (tertiary/aromatic N) is 1. The van der Waals surface area contributed by atoms with Crippen LogP contribution in [0.25, 0.3) is 0 Å². The molecule has 0 saturated heterocycles. The predicted molar refractivity (Wildman–Crippen MR) is 76.9 cm³/mol. The van der Waals surface area contributed by atoms with Crippen molar-refractivity contribution < 1.29 is 14.3 Å². The van der Waals surface area contributed by atoms with Crippen LogP contribution in [0.15, 0.2) is 28.7 Å². The Hall–Kier alpha value is -1.40. The van der Waals surface area contributed by atoms with Crippen LogP contribution in [0.1, 0.15) is 6.92 Å². The van der Waals surface area contributed by atoms with E-state index in [1.54, 1.807) is 11.0 Å². The standard InChI is InChI=1S/C13H17BrN2O3/c1-3-16(9-13(18)19-2)8-12(17)15-11-6-4-5-10(14)7-11/h4-7H,3,8-9H2,1-2H3,(H,15,17). The highest BCUT2D eigenvalue weighted by molar-refractivity contribution is 9.10. The van der Waals surface area contributed by atoms with Gasteiger partial charge >= 0.3 is 5.97 Å². The van der Waals surface area contributed by atoms with Gasteiger partial charge in [-0.15, -0.1) is 0 Å². The van der Waals surface area contributed by atoms with Gasteiger partial charge in [0.25, 0.3) is 0 Å². The number of methoxy groups -OCH3 is 1. The normalized spacial score (nSPS) is 10.3. The number of hydrogen-bond donors (Lipinski definition) is 1. The molecule has 1 aromatic carbocycles. The van der Waals surface area contributed by atoms with E-state index in [9.17, 15) is 9.59 Å². The SMILES string of the molecule is CCN(CC(=O)Nc1cccc(Br)c1)CC(=O)OC. The first-order valence-electron chi connectivity index (χ1n) is 5.89. The molecule has 0 heterocycles. The van der Waals surface area contributed by atoms with Gasteiger partial charge < -0.3 is 10.1 Å². The lowest BCUT2D eigenvalue weighted by Crippen LogP contribution is -2.37. The number of ether oxygens (including phenoxy) is 1. The third-order valence-corrected chi connectivity index (χ3v) is 3.00. The summed E-state index contributed by atoms with van der Waals surface area (Å²) in [6, 6.07) is 7.34. The van der Waals surface area contributed by atoms with E-state index < -0.39 is 0 Å². The summed E-state index contributed by atoms with van der Waals surface area (Å²) in [4.78, 5) is 24.7. The maximum absolute atomic E-state index is 11.8. The maximum Gasteiger partial charge on any atom is 0.319 e. The van der Waals surface area contributed by atoms with Crippen LogP contribution in [-0.2, 0) is 14.3 Å². The molecule has 19 heavy (non-hydrogen) atoms. The number of amides is 1. The molecule has 0 unspecified atom stereocenters. The Morgan fingerprint density at radius 3 is 2.68 bits per heavy atom. The fourth-order valence-electron chi connectivity index (χ4n) is 1.50. The number of anilines is 1. The van der Waals surface area contributed by atoms with Crippen LogP contribution in [0, 0.1) is 0 Å². The van der Waals surface area contributed by atoms with Gasteiger partial charge in [0.1, 0.15) is 0 Å². The van der Waals surface area contributed by atoms with Gasteiger partial charge in [0.2, 0.25) is 5.91 Å². The zero-order valence-corrected chi connectivity index (χ0v) is 12.6. The Bertz CT molecular complexity index is 451. The lowest BCUT2D eigenvalue weighted by atomic mass is 10.3. The molecular weight excluding hydrogens is 312 g/mol. The van der Waals surface area contributed by atoms with Gasteiger partial charge in [0, 0.05) is 10.2 Å². The largest absolute Gasteiger partial charge is 0.468 e. The van der Waals surface area contributed by atoms with Crippen LogP contribution >= 0.6 is 15.9 Å². The van der Waals surface area contributed by atoms with E-state index in [1.165, 1.54) is 7.11 Å². The molecule has 1 aromatic rings. The maximum atomic E-state index is 11.8. The van der Waals surface area contributed by atoms with Crippen molar-refractivity contribution in [1.82, 2.24) is 4.90 Å². The summed E-state index contributed by atoms with van der Waals surface area (Å²) < 4.78 is 5.48. The Balaban J connectivity index is 2.51. The van der Waals surface area contributed by atoms with Crippen molar-refractivity contribution in [2.75, 3.05) is 32.1 Å². The lowest BCUT2D eigenvalue weighted by molar-refractivity contribution is -0.142. The second-order valence-corrected chi connectivity index (χ2v) is 4.85. The summed E-state index contributed by atoms with van der Waals surface area (Å²) in [5, 5.41) is 2.78. The lowest BCUT2D eigenvalue weighted by Gasteiger charge is -2.18. The van der Waals surface area contributed by atoms with E-state index in [2.05, 4.69) is 26.0 Å². The van der Waals surface area contributed by atoms with Crippen molar-refractivity contribution in [2.45, 2.75) is 6.92 Å². The number of hydrogen-bond acceptors (Lipinski definition) is 4. The molecule has 6 heteroatoms. The van der Waals surface area contributed by atoms with Crippen molar-refractivity contribution >= 4 is 33.5 Å². The minimum atomic E-state index is -0.350. The molecule has 5 nitrogen and oxygen atoms in total. The highest BCUT2D eigenvalue weighted by Crippen LogP contribution is 2.15. The molecule has 0 spiro atoms. The Kier molecular flexibility index (Phi) is 6.52. The van der Waals surface area contributed by atoms with Gasteiger partial charge in [0.05, 0.1) is 20.2 Å². The molecular formula is C13H17BrN2O3. The number of halogens is 1. The van der Waals surface area contributed by atoms with Crippen molar-refractivity contribution in [3.63, 3.8) is 0 Å². The van der Waals surface area contributed by atoms with Crippen molar-refractivity contribution in [2.24, 2.45) is 0 Å². The second-order valence-electron chi connectivity index (χ2n) is 3.94. The van der Waals surface area contributed by atoms with Gasteiger partial charge in [-0.1, -0.05) is 28.9 Å². The number of likely N-dealkylation sites (N-methyl/N-ethyl adjacent to an activating group) is 1. The monoisotopic (exact) mass is 328 g/mol. The van der Waals surface area contributed by atoms with Crippen LogP contribution in [-0.4, -0.2) is 43.5 Å². The number of carbonyl (C=O) groups excluding carboxylic acids is 2. The van der Waals surface area contributed by atoms with Crippen LogP contribution in [0.5, 0.6) is 0 Å². The van der Waals surface area contributed by atoms with E-state index in [0.29, 0.717) is 12.2 Å². The minimum absolute atomic E-state index is 0.110. The molecule has 0 saturated carbocycles. The van der Waals surface area contributed by atoms with Gasteiger partial charge in [-0.3, -0.25) is 14.5 Å².